The zero-order chi connectivity index (χ0) is 21.2. The minimum atomic E-state index is -0.647. The van der Waals surface area contributed by atoms with E-state index >= 15 is 0 Å². The highest BCUT2D eigenvalue weighted by Gasteiger charge is 2.27. The minimum absolute atomic E-state index is 0.208. The van der Waals surface area contributed by atoms with E-state index in [2.05, 4.69) is 5.32 Å². The van der Waals surface area contributed by atoms with E-state index in [-0.39, 0.29) is 18.5 Å². The first kappa shape index (κ1) is 21.9. The van der Waals surface area contributed by atoms with Crippen molar-refractivity contribution in [1.82, 2.24) is 5.32 Å². The number of carbonyl (C=O) groups excluding carboxylic acids is 2. The molecule has 1 N–H and O–H groups in total. The number of rotatable bonds is 8. The maximum atomic E-state index is 12.9. The molecule has 0 aromatic heterocycles. The predicted octanol–water partition coefficient (Wildman–Crippen LogP) is 4.90. The lowest BCUT2D eigenvalue weighted by Crippen LogP contribution is -2.43. The summed E-state index contributed by atoms with van der Waals surface area (Å²) in [6.07, 6.45) is 7.68. The Balaban J connectivity index is 1.66. The quantitative estimate of drug-likeness (QED) is 0.498. The van der Waals surface area contributed by atoms with Crippen LogP contribution in [0.15, 0.2) is 54.6 Å². The molecule has 1 fully saturated rings. The van der Waals surface area contributed by atoms with Crippen LogP contribution >= 0.6 is 0 Å². The van der Waals surface area contributed by atoms with Gasteiger partial charge in [0, 0.05) is 5.56 Å². The van der Waals surface area contributed by atoms with Gasteiger partial charge in [0.2, 0.25) is 0 Å². The van der Waals surface area contributed by atoms with Gasteiger partial charge in [0.1, 0.15) is 18.4 Å². The van der Waals surface area contributed by atoms with Crippen LogP contribution in [0.3, 0.4) is 0 Å². The van der Waals surface area contributed by atoms with E-state index in [9.17, 15) is 9.59 Å². The van der Waals surface area contributed by atoms with E-state index in [0.717, 1.165) is 18.4 Å². The molecule has 0 bridgehead atoms. The monoisotopic (exact) mass is 409 g/mol. The number of esters is 1. The molecule has 2 aromatic carbocycles. The van der Waals surface area contributed by atoms with Crippen molar-refractivity contribution < 1.29 is 19.1 Å². The van der Waals surface area contributed by atoms with Crippen molar-refractivity contribution in [3.05, 3.63) is 65.7 Å². The third-order valence-electron chi connectivity index (χ3n) is 5.71. The molecule has 0 heterocycles. The van der Waals surface area contributed by atoms with E-state index in [0.29, 0.717) is 23.7 Å². The molecule has 1 atom stereocenters. The Labute approximate surface area is 178 Å². The highest BCUT2D eigenvalue weighted by atomic mass is 16.5. The number of carbonyl (C=O) groups is 2. The van der Waals surface area contributed by atoms with Gasteiger partial charge in [-0.1, -0.05) is 68.9 Å². The van der Waals surface area contributed by atoms with Gasteiger partial charge in [0.25, 0.3) is 5.91 Å². The normalized spacial score (nSPS) is 15.6. The summed E-state index contributed by atoms with van der Waals surface area (Å²) in [5.41, 5.74) is 1.43. The molecular weight excluding hydrogens is 378 g/mol. The highest BCUT2D eigenvalue weighted by molar-refractivity contribution is 5.96. The smallest absolute Gasteiger partial charge is 0.328 e. The van der Waals surface area contributed by atoms with Crippen LogP contribution in [-0.4, -0.2) is 25.0 Å². The van der Waals surface area contributed by atoms with Crippen molar-refractivity contribution in [2.45, 2.75) is 57.6 Å². The Morgan fingerprint density at radius 3 is 2.27 bits per heavy atom. The van der Waals surface area contributed by atoms with Gasteiger partial charge in [-0.15, -0.1) is 0 Å². The van der Waals surface area contributed by atoms with E-state index in [1.807, 2.05) is 30.3 Å². The Kier molecular flexibility index (Phi) is 8.30. The van der Waals surface area contributed by atoms with Crippen LogP contribution < -0.4 is 10.1 Å². The van der Waals surface area contributed by atoms with Gasteiger partial charge in [-0.3, -0.25) is 4.79 Å². The number of nitrogens with one attached hydrogen (secondary N) is 1. The first-order valence-electron chi connectivity index (χ1n) is 10.8. The summed E-state index contributed by atoms with van der Waals surface area (Å²) in [7, 11) is 1.58. The number of hydrogen-bond acceptors (Lipinski definition) is 4. The molecule has 5 heteroatoms. The lowest BCUT2D eigenvalue weighted by molar-refractivity contribution is -0.147. The summed E-state index contributed by atoms with van der Waals surface area (Å²) in [5.74, 6) is 0.472. The van der Waals surface area contributed by atoms with Crippen molar-refractivity contribution in [3.8, 4) is 5.75 Å². The average Bonchev–Trinajstić information content (AvgIpc) is 3.06. The number of hydrogen-bond donors (Lipinski definition) is 1. The van der Waals surface area contributed by atoms with Gasteiger partial charge in [-0.2, -0.15) is 0 Å². The molecule has 5 nitrogen and oxygen atoms in total. The fraction of sp³-hybridized carbons (Fsp3) is 0.440. The lowest BCUT2D eigenvalue weighted by atomic mass is 9.92. The van der Waals surface area contributed by atoms with Crippen LogP contribution in [0.25, 0.3) is 0 Å². The largest absolute Gasteiger partial charge is 0.497 e. The molecular formula is C25H31NO4. The van der Waals surface area contributed by atoms with Crippen molar-refractivity contribution in [3.63, 3.8) is 0 Å². The van der Waals surface area contributed by atoms with Crippen LogP contribution in [-0.2, 0) is 16.1 Å². The second-order valence-corrected chi connectivity index (χ2v) is 7.94. The molecule has 1 aliphatic carbocycles. The maximum absolute atomic E-state index is 12.9. The summed E-state index contributed by atoms with van der Waals surface area (Å²) in [6.45, 7) is 0.208. The molecule has 0 unspecified atom stereocenters. The molecule has 1 aliphatic rings. The zero-order valence-corrected chi connectivity index (χ0v) is 17.6. The van der Waals surface area contributed by atoms with Gasteiger partial charge >= 0.3 is 5.97 Å². The first-order valence-corrected chi connectivity index (χ1v) is 10.8. The van der Waals surface area contributed by atoms with E-state index in [1.54, 1.807) is 31.4 Å². The summed E-state index contributed by atoms with van der Waals surface area (Å²) in [6, 6.07) is 15.8. The van der Waals surface area contributed by atoms with Crippen LogP contribution in [0.5, 0.6) is 5.75 Å². The molecule has 160 valence electrons. The van der Waals surface area contributed by atoms with Crippen LogP contribution in [0.4, 0.5) is 0 Å². The molecule has 0 aliphatic heterocycles. The lowest BCUT2D eigenvalue weighted by Gasteiger charge is -2.22. The summed E-state index contributed by atoms with van der Waals surface area (Å²) < 4.78 is 10.7. The second kappa shape index (κ2) is 11.4. The SMILES string of the molecule is COc1ccc(C(=O)N[C@H](CC2CCCCCC2)C(=O)OCc2ccccc2)cc1. The summed E-state index contributed by atoms with van der Waals surface area (Å²) in [5, 5.41) is 2.92. The average molecular weight is 410 g/mol. The van der Waals surface area contributed by atoms with E-state index in [1.165, 1.54) is 25.7 Å². The molecule has 3 rings (SSSR count). The van der Waals surface area contributed by atoms with Gasteiger partial charge in [0.15, 0.2) is 0 Å². The summed E-state index contributed by atoms with van der Waals surface area (Å²) >= 11 is 0. The van der Waals surface area contributed by atoms with Crippen LogP contribution in [0, 0.1) is 5.92 Å². The third-order valence-corrected chi connectivity index (χ3v) is 5.71. The molecule has 0 radical (unpaired) electrons. The van der Waals surface area contributed by atoms with E-state index in [4.69, 9.17) is 9.47 Å². The Bertz CT molecular complexity index is 796. The third kappa shape index (κ3) is 6.61. The molecule has 2 aromatic rings. The standard InChI is InChI=1S/C25H31NO4/c1-29-22-15-13-21(14-16-22)24(27)26-23(17-19-9-5-2-3-6-10-19)25(28)30-18-20-11-7-4-8-12-20/h4,7-8,11-16,19,23H,2-3,5-6,9-10,17-18H2,1H3,(H,26,27)/t23-/m1/s1. The fourth-order valence-electron chi connectivity index (χ4n) is 3.96. The molecule has 30 heavy (non-hydrogen) atoms. The number of amides is 1. The summed E-state index contributed by atoms with van der Waals surface area (Å²) in [4.78, 5) is 25.7. The number of benzene rings is 2. The van der Waals surface area contributed by atoms with Gasteiger partial charge in [-0.05, 0) is 42.2 Å². The Hall–Kier alpha value is -2.82. The van der Waals surface area contributed by atoms with Crippen molar-refractivity contribution in [2.75, 3.05) is 7.11 Å². The molecule has 0 saturated heterocycles. The van der Waals surface area contributed by atoms with Crippen LogP contribution in [0.2, 0.25) is 0 Å². The Morgan fingerprint density at radius 1 is 0.967 bits per heavy atom. The minimum Gasteiger partial charge on any atom is -0.497 e. The van der Waals surface area contributed by atoms with Crippen molar-refractivity contribution >= 4 is 11.9 Å². The van der Waals surface area contributed by atoms with Crippen molar-refractivity contribution in [2.24, 2.45) is 5.92 Å². The van der Waals surface area contributed by atoms with Gasteiger partial charge < -0.3 is 14.8 Å². The molecule has 1 amide bonds. The molecule has 1 saturated carbocycles. The fourth-order valence-corrected chi connectivity index (χ4v) is 3.96. The number of methoxy groups -OCH3 is 1. The van der Waals surface area contributed by atoms with Crippen molar-refractivity contribution in [1.29, 1.82) is 0 Å². The molecule has 0 spiro atoms. The highest BCUT2D eigenvalue weighted by Crippen LogP contribution is 2.27. The maximum Gasteiger partial charge on any atom is 0.328 e. The zero-order valence-electron chi connectivity index (χ0n) is 17.6. The van der Waals surface area contributed by atoms with Crippen LogP contribution in [0.1, 0.15) is 60.9 Å². The van der Waals surface area contributed by atoms with Gasteiger partial charge in [-0.25, -0.2) is 4.79 Å². The topological polar surface area (TPSA) is 64.6 Å². The second-order valence-electron chi connectivity index (χ2n) is 7.94. The number of ether oxygens (including phenoxy) is 2. The predicted molar refractivity (Wildman–Crippen MR) is 116 cm³/mol. The van der Waals surface area contributed by atoms with E-state index < -0.39 is 6.04 Å². The first-order chi connectivity index (χ1) is 14.7. The Morgan fingerprint density at radius 2 is 1.63 bits per heavy atom. The van der Waals surface area contributed by atoms with Gasteiger partial charge in [0.05, 0.1) is 7.11 Å².